The number of fused-ring (bicyclic) bond motifs is 4. The third-order valence-electron chi connectivity index (χ3n) is 6.60. The zero-order valence-corrected chi connectivity index (χ0v) is 20.9. The molecule has 0 unspecified atom stereocenters. The lowest BCUT2D eigenvalue weighted by atomic mass is 10.1. The number of aryl methyl sites for hydroxylation is 2. The number of nitrogen functional groups attached to an aromatic ring is 1. The Morgan fingerprint density at radius 1 is 1.03 bits per heavy atom. The van der Waals surface area contributed by atoms with Crippen LogP contribution in [0.15, 0.2) is 42.6 Å². The fourth-order valence-electron chi connectivity index (χ4n) is 4.43. The number of aromatic nitrogens is 5. The quantitative estimate of drug-likeness (QED) is 0.361. The Morgan fingerprint density at radius 2 is 1.76 bits per heavy atom. The van der Waals surface area contributed by atoms with Crippen LogP contribution < -0.4 is 5.73 Å². The number of carbonyl (C=O) groups is 2. The number of pyridine rings is 1. The molecule has 2 N–H and O–H groups in total. The molecular formula is C25H23F3N8O2. The summed E-state index contributed by atoms with van der Waals surface area (Å²) >= 11 is 0. The van der Waals surface area contributed by atoms with Crippen LogP contribution in [0.3, 0.4) is 0 Å². The Bertz CT molecular complexity index is 1760. The van der Waals surface area contributed by atoms with Crippen molar-refractivity contribution < 1.29 is 22.8 Å². The molecule has 0 aliphatic rings. The number of anilines is 1. The average molecular weight is 525 g/mol. The topological polar surface area (TPSA) is 115 Å². The number of imidazole rings is 1. The summed E-state index contributed by atoms with van der Waals surface area (Å²) in [6, 6.07) is 8.15. The van der Waals surface area contributed by atoms with Gasteiger partial charge in [-0.3, -0.25) is 19.3 Å². The highest BCUT2D eigenvalue weighted by atomic mass is 19.4. The van der Waals surface area contributed by atoms with E-state index in [1.165, 1.54) is 25.0 Å². The standard InChI is InChI=1S/C25H23F3N8O2/c1-13(37)35(4)36(12-21-31-19-10-15(25(26,27)28)6-8-20(19)33(21)2)24(38)14-5-7-18-16(9-14)22-17(23(29)32-18)11-30-34(22)3/h5-11H,12H2,1-4H3,(H2,29,32). The molecule has 3 aromatic heterocycles. The predicted molar refractivity (Wildman–Crippen MR) is 134 cm³/mol. The van der Waals surface area contributed by atoms with Gasteiger partial charge in [-0.1, -0.05) is 0 Å². The van der Waals surface area contributed by atoms with Crippen molar-refractivity contribution in [1.29, 1.82) is 0 Å². The number of rotatable bonds is 3. The molecule has 0 bridgehead atoms. The van der Waals surface area contributed by atoms with Crippen LogP contribution in [-0.2, 0) is 31.6 Å². The fraction of sp³-hybridized carbons (Fsp3) is 0.240. The van der Waals surface area contributed by atoms with Crippen LogP contribution >= 0.6 is 0 Å². The van der Waals surface area contributed by atoms with Gasteiger partial charge in [-0.15, -0.1) is 0 Å². The number of nitrogens with two attached hydrogens (primary N) is 1. The van der Waals surface area contributed by atoms with Gasteiger partial charge < -0.3 is 10.3 Å². The van der Waals surface area contributed by atoms with E-state index in [1.54, 1.807) is 47.7 Å². The minimum atomic E-state index is -4.52. The maximum absolute atomic E-state index is 13.8. The first-order valence-electron chi connectivity index (χ1n) is 11.5. The Kier molecular flexibility index (Phi) is 5.73. The highest BCUT2D eigenvalue weighted by molar-refractivity contribution is 6.10. The average Bonchev–Trinajstić information content (AvgIpc) is 3.41. The fourth-order valence-corrected chi connectivity index (χ4v) is 4.43. The molecule has 0 aliphatic heterocycles. The molecule has 196 valence electrons. The number of benzene rings is 2. The number of hydrogen-bond donors (Lipinski definition) is 1. The lowest BCUT2D eigenvalue weighted by Crippen LogP contribution is -2.46. The molecular weight excluding hydrogens is 501 g/mol. The van der Waals surface area contributed by atoms with Gasteiger partial charge in [0, 0.05) is 39.0 Å². The number of hydrogen-bond acceptors (Lipinski definition) is 6. The third kappa shape index (κ3) is 4.05. The van der Waals surface area contributed by atoms with Gasteiger partial charge in [0.2, 0.25) is 5.91 Å². The SMILES string of the molecule is CC(=O)N(C)N(Cc1nc2cc(C(F)(F)F)ccc2n1C)C(=O)c1ccc2nc(N)c3cnn(C)c3c2c1. The zero-order valence-electron chi connectivity index (χ0n) is 20.9. The van der Waals surface area contributed by atoms with E-state index < -0.39 is 23.6 Å². The molecule has 5 rings (SSSR count). The highest BCUT2D eigenvalue weighted by Crippen LogP contribution is 2.32. The van der Waals surface area contributed by atoms with E-state index in [4.69, 9.17) is 5.73 Å². The van der Waals surface area contributed by atoms with Crippen LogP contribution in [0.25, 0.3) is 32.8 Å². The molecule has 0 spiro atoms. The van der Waals surface area contributed by atoms with Crippen LogP contribution in [-0.4, -0.2) is 53.2 Å². The molecule has 0 atom stereocenters. The van der Waals surface area contributed by atoms with Crippen molar-refractivity contribution in [3.8, 4) is 0 Å². The minimum absolute atomic E-state index is 0.128. The normalized spacial score (nSPS) is 12.0. The smallest absolute Gasteiger partial charge is 0.383 e. The second-order valence-corrected chi connectivity index (χ2v) is 8.95. The van der Waals surface area contributed by atoms with Gasteiger partial charge in [-0.2, -0.15) is 18.3 Å². The number of hydrazine groups is 1. The lowest BCUT2D eigenvalue weighted by Gasteiger charge is -2.31. The van der Waals surface area contributed by atoms with Crippen molar-refractivity contribution in [2.45, 2.75) is 19.6 Å². The van der Waals surface area contributed by atoms with Crippen molar-refractivity contribution >= 4 is 50.5 Å². The molecule has 0 radical (unpaired) electrons. The van der Waals surface area contributed by atoms with Crippen molar-refractivity contribution in [3.63, 3.8) is 0 Å². The second kappa shape index (κ2) is 8.71. The summed E-state index contributed by atoms with van der Waals surface area (Å²) in [6.45, 7) is 1.14. The first-order valence-corrected chi connectivity index (χ1v) is 11.5. The van der Waals surface area contributed by atoms with Gasteiger partial charge >= 0.3 is 6.18 Å². The van der Waals surface area contributed by atoms with Gasteiger partial charge in [-0.25, -0.2) is 15.0 Å². The Hall–Kier alpha value is -4.68. The number of carbonyl (C=O) groups excluding carboxylic acids is 2. The molecule has 2 amide bonds. The summed E-state index contributed by atoms with van der Waals surface area (Å²) < 4.78 is 42.9. The summed E-state index contributed by atoms with van der Waals surface area (Å²) in [4.78, 5) is 34.8. The van der Waals surface area contributed by atoms with Gasteiger partial charge in [0.1, 0.15) is 18.2 Å². The van der Waals surface area contributed by atoms with Crippen LogP contribution in [0.4, 0.5) is 19.0 Å². The summed E-state index contributed by atoms with van der Waals surface area (Å²) in [5.74, 6) is -0.321. The van der Waals surface area contributed by atoms with Crippen LogP contribution in [0, 0.1) is 0 Å². The van der Waals surface area contributed by atoms with Crippen LogP contribution in [0.1, 0.15) is 28.7 Å². The van der Waals surface area contributed by atoms with Crippen LogP contribution in [0.2, 0.25) is 0 Å². The Labute approximate surface area is 214 Å². The summed E-state index contributed by atoms with van der Waals surface area (Å²) in [6.07, 6.45) is -2.92. The largest absolute Gasteiger partial charge is 0.416 e. The van der Waals surface area contributed by atoms with E-state index in [0.29, 0.717) is 39.0 Å². The molecule has 0 fully saturated rings. The van der Waals surface area contributed by atoms with Crippen LogP contribution in [0.5, 0.6) is 0 Å². The maximum atomic E-state index is 13.8. The Balaban J connectivity index is 1.58. The van der Waals surface area contributed by atoms with E-state index >= 15 is 0 Å². The van der Waals surface area contributed by atoms with Gasteiger partial charge in [0.25, 0.3) is 5.91 Å². The second-order valence-electron chi connectivity index (χ2n) is 8.95. The van der Waals surface area contributed by atoms with Crippen molar-refractivity contribution in [1.82, 2.24) is 34.3 Å². The number of halogens is 3. The number of alkyl halides is 3. The number of nitrogens with zero attached hydrogens (tertiary/aromatic N) is 7. The molecule has 10 nitrogen and oxygen atoms in total. The first-order chi connectivity index (χ1) is 17.9. The molecule has 0 saturated carbocycles. The van der Waals surface area contributed by atoms with Gasteiger partial charge in [-0.05, 0) is 36.4 Å². The van der Waals surface area contributed by atoms with Crippen molar-refractivity contribution in [3.05, 3.63) is 59.5 Å². The van der Waals surface area contributed by atoms with Gasteiger partial charge in [0.15, 0.2) is 0 Å². The van der Waals surface area contributed by atoms with Gasteiger partial charge in [0.05, 0.1) is 39.2 Å². The molecule has 3 heterocycles. The van der Waals surface area contributed by atoms with Crippen molar-refractivity contribution in [2.24, 2.45) is 14.1 Å². The van der Waals surface area contributed by atoms with E-state index in [9.17, 15) is 22.8 Å². The molecule has 38 heavy (non-hydrogen) atoms. The summed E-state index contributed by atoms with van der Waals surface area (Å²) in [5, 5.41) is 7.87. The van der Waals surface area contributed by atoms with E-state index in [2.05, 4.69) is 15.1 Å². The molecule has 5 aromatic rings. The third-order valence-corrected chi connectivity index (χ3v) is 6.60. The molecule has 0 aliphatic carbocycles. The highest BCUT2D eigenvalue weighted by Gasteiger charge is 2.31. The summed E-state index contributed by atoms with van der Waals surface area (Å²) in [5.41, 5.74) is 7.35. The monoisotopic (exact) mass is 524 g/mol. The summed E-state index contributed by atoms with van der Waals surface area (Å²) in [7, 11) is 4.83. The van der Waals surface area contributed by atoms with E-state index in [-0.39, 0.29) is 17.6 Å². The zero-order chi connectivity index (χ0) is 27.5. The minimum Gasteiger partial charge on any atom is -0.383 e. The predicted octanol–water partition coefficient (Wildman–Crippen LogP) is 3.64. The Morgan fingerprint density at radius 3 is 2.45 bits per heavy atom. The first kappa shape index (κ1) is 25.0. The lowest BCUT2D eigenvalue weighted by molar-refractivity contribution is -0.140. The van der Waals surface area contributed by atoms with E-state index in [0.717, 1.165) is 17.1 Å². The van der Waals surface area contributed by atoms with E-state index in [1.807, 2.05) is 0 Å². The number of amides is 2. The maximum Gasteiger partial charge on any atom is 0.416 e. The molecule has 0 saturated heterocycles. The van der Waals surface area contributed by atoms with Crippen molar-refractivity contribution in [2.75, 3.05) is 12.8 Å². The molecule has 2 aromatic carbocycles. The molecule has 13 heteroatoms.